The van der Waals surface area contributed by atoms with Crippen molar-refractivity contribution in [3.05, 3.63) is 69.7 Å². The van der Waals surface area contributed by atoms with Gasteiger partial charge < -0.3 is 24.3 Å². The molecule has 0 bridgehead atoms. The van der Waals surface area contributed by atoms with Gasteiger partial charge in [-0.05, 0) is 69.5 Å². The zero-order valence-electron chi connectivity index (χ0n) is 27.1. The Morgan fingerprint density at radius 1 is 1.02 bits per heavy atom. The molecule has 0 aliphatic carbocycles. The van der Waals surface area contributed by atoms with Crippen LogP contribution in [0.5, 0.6) is 0 Å². The van der Waals surface area contributed by atoms with Gasteiger partial charge in [-0.25, -0.2) is 14.6 Å². The summed E-state index contributed by atoms with van der Waals surface area (Å²) in [5.41, 5.74) is 3.81. The number of hydrogen-bond acceptors (Lipinski definition) is 9. The number of nitrogens with one attached hydrogen (secondary N) is 1. The Morgan fingerprint density at radius 2 is 1.67 bits per heavy atom. The Balaban J connectivity index is 1.45. The van der Waals surface area contributed by atoms with E-state index in [1.165, 1.54) is 16.8 Å². The molecule has 2 heterocycles. The number of rotatable bonds is 11. The number of carbonyl (C=O) groups is 3. The molecule has 0 unspecified atom stereocenters. The van der Waals surface area contributed by atoms with Crippen LogP contribution in [0, 0.1) is 6.92 Å². The summed E-state index contributed by atoms with van der Waals surface area (Å²) in [4.78, 5) is 54.5. The van der Waals surface area contributed by atoms with Crippen molar-refractivity contribution in [3.63, 3.8) is 0 Å². The first-order chi connectivity index (χ1) is 21.3. The van der Waals surface area contributed by atoms with Gasteiger partial charge in [0.15, 0.2) is 0 Å². The fourth-order valence-corrected chi connectivity index (χ4v) is 4.93. The van der Waals surface area contributed by atoms with Gasteiger partial charge in [0.25, 0.3) is 5.91 Å². The fourth-order valence-electron chi connectivity index (χ4n) is 4.93. The first-order valence-electron chi connectivity index (χ1n) is 15.0. The van der Waals surface area contributed by atoms with Gasteiger partial charge in [-0.3, -0.25) is 14.6 Å². The maximum Gasteiger partial charge on any atom is 0.437 e. The zero-order chi connectivity index (χ0) is 32.9. The maximum absolute atomic E-state index is 13.6. The van der Waals surface area contributed by atoms with E-state index in [4.69, 9.17) is 9.15 Å². The second-order valence-corrected chi connectivity index (χ2v) is 12.1. The molecule has 4 rings (SSSR count). The Labute approximate surface area is 263 Å². The second kappa shape index (κ2) is 14.0. The molecule has 0 saturated heterocycles. The first kappa shape index (κ1) is 33.2. The summed E-state index contributed by atoms with van der Waals surface area (Å²) in [7, 11) is 3.22. The van der Waals surface area contributed by atoms with Crippen molar-refractivity contribution in [2.45, 2.75) is 53.3 Å². The number of ether oxygens (including phenoxy) is 1. The predicted molar refractivity (Wildman–Crippen MR) is 169 cm³/mol. The molecule has 242 valence electrons. The van der Waals surface area contributed by atoms with E-state index in [0.29, 0.717) is 30.9 Å². The number of amides is 3. The number of hydrogen-bond donors (Lipinski definition) is 1. The molecule has 13 heteroatoms. The van der Waals surface area contributed by atoms with Crippen molar-refractivity contribution in [1.29, 1.82) is 0 Å². The van der Waals surface area contributed by atoms with E-state index >= 15 is 0 Å². The van der Waals surface area contributed by atoms with Crippen LogP contribution in [0.2, 0.25) is 0 Å². The van der Waals surface area contributed by atoms with Crippen LogP contribution in [0.1, 0.15) is 44.4 Å². The number of fused-ring (bicyclic) bond motifs is 1. The molecule has 1 N–H and O–H groups in total. The van der Waals surface area contributed by atoms with Crippen LogP contribution < -0.4 is 11.1 Å². The summed E-state index contributed by atoms with van der Waals surface area (Å²) in [6.45, 7) is 10.8. The molecule has 2 aromatic carbocycles. The van der Waals surface area contributed by atoms with E-state index in [-0.39, 0.29) is 43.9 Å². The lowest BCUT2D eigenvalue weighted by atomic mass is 10.1. The normalized spacial score (nSPS) is 12.9. The highest BCUT2D eigenvalue weighted by atomic mass is 16.6. The van der Waals surface area contributed by atoms with E-state index in [9.17, 15) is 19.2 Å². The van der Waals surface area contributed by atoms with Gasteiger partial charge in [0, 0.05) is 58.1 Å². The molecule has 0 saturated carbocycles. The second-order valence-electron chi connectivity index (χ2n) is 12.1. The van der Waals surface area contributed by atoms with Crippen LogP contribution in [-0.4, -0.2) is 92.9 Å². The largest absolute Gasteiger partial charge is 0.444 e. The van der Waals surface area contributed by atoms with Gasteiger partial charge in [-0.2, -0.15) is 4.68 Å². The molecule has 0 spiro atoms. The molecule has 0 radical (unpaired) electrons. The van der Waals surface area contributed by atoms with Crippen molar-refractivity contribution in [3.8, 4) is 11.5 Å². The highest BCUT2D eigenvalue weighted by Crippen LogP contribution is 2.24. The van der Waals surface area contributed by atoms with Crippen LogP contribution >= 0.6 is 0 Å². The first-order valence-corrected chi connectivity index (χ1v) is 15.0. The minimum atomic E-state index is -0.661. The SMILES string of the molecule is CCN(CCN(CC(=O)N(C)N1Cc2ccccc2C1)C(=O)CNc1ccc(-c2nn(C)c(=O)o2)cc1C)C(=O)OC(C)(C)C. The molecule has 1 aliphatic rings. The minimum Gasteiger partial charge on any atom is -0.444 e. The molecular weight excluding hydrogens is 578 g/mol. The lowest BCUT2D eigenvalue weighted by Crippen LogP contribution is -2.50. The van der Waals surface area contributed by atoms with Crippen LogP contribution in [0.15, 0.2) is 51.7 Å². The quantitative estimate of drug-likeness (QED) is 0.343. The topological polar surface area (TPSA) is 133 Å². The lowest BCUT2D eigenvalue weighted by Gasteiger charge is -2.32. The average Bonchev–Trinajstić information content (AvgIpc) is 3.57. The summed E-state index contributed by atoms with van der Waals surface area (Å²) in [5.74, 6) is -0.901. The number of likely N-dealkylation sites (N-methyl/N-ethyl adjacent to an activating group) is 2. The lowest BCUT2D eigenvalue weighted by molar-refractivity contribution is -0.151. The predicted octanol–water partition coefficient (Wildman–Crippen LogP) is 3.24. The zero-order valence-corrected chi connectivity index (χ0v) is 27.1. The molecule has 45 heavy (non-hydrogen) atoms. The van der Waals surface area contributed by atoms with Crippen LogP contribution in [0.4, 0.5) is 10.5 Å². The summed E-state index contributed by atoms with van der Waals surface area (Å²) >= 11 is 0. The highest BCUT2D eigenvalue weighted by Gasteiger charge is 2.28. The highest BCUT2D eigenvalue weighted by molar-refractivity contribution is 5.87. The molecule has 1 aliphatic heterocycles. The van der Waals surface area contributed by atoms with E-state index in [0.717, 1.165) is 21.4 Å². The number of aromatic nitrogens is 2. The number of aryl methyl sites for hydroxylation is 2. The Hall–Kier alpha value is -4.65. The van der Waals surface area contributed by atoms with Crippen molar-refractivity contribution in [2.75, 3.05) is 45.1 Å². The van der Waals surface area contributed by atoms with Crippen LogP contribution in [-0.2, 0) is 34.5 Å². The molecule has 0 fully saturated rings. The van der Waals surface area contributed by atoms with Crippen molar-refractivity contribution >= 4 is 23.6 Å². The smallest absolute Gasteiger partial charge is 0.437 e. The number of benzene rings is 2. The number of hydrazine groups is 1. The number of carbonyl (C=O) groups excluding carboxylic acids is 3. The molecule has 0 atom stereocenters. The van der Waals surface area contributed by atoms with Gasteiger partial charge in [0.1, 0.15) is 12.1 Å². The third kappa shape index (κ3) is 8.50. The van der Waals surface area contributed by atoms with Gasteiger partial charge >= 0.3 is 11.8 Å². The number of anilines is 1. The standard InChI is InChI=1S/C32H43N7O6/c1-8-37(31(43)45-32(3,4)5)15-16-38(21-28(41)36(7)39-19-24-11-9-10-12-25(24)20-39)27(40)18-33-26-14-13-23(17-22(26)2)29-34-35(6)30(42)44-29/h9-14,17,33H,8,15-16,18-21H2,1-7H3. The third-order valence-corrected chi connectivity index (χ3v) is 7.55. The van der Waals surface area contributed by atoms with Crippen LogP contribution in [0.25, 0.3) is 11.5 Å². The Bertz CT molecular complexity index is 1570. The third-order valence-electron chi connectivity index (χ3n) is 7.55. The Morgan fingerprint density at radius 3 is 2.22 bits per heavy atom. The van der Waals surface area contributed by atoms with Crippen molar-refractivity contribution in [2.24, 2.45) is 7.05 Å². The van der Waals surface area contributed by atoms with E-state index in [2.05, 4.69) is 10.4 Å². The van der Waals surface area contributed by atoms with Crippen molar-refractivity contribution in [1.82, 2.24) is 29.6 Å². The van der Waals surface area contributed by atoms with Gasteiger partial charge in [0.2, 0.25) is 11.8 Å². The van der Waals surface area contributed by atoms with Gasteiger partial charge in [-0.1, -0.05) is 24.3 Å². The average molecular weight is 622 g/mol. The van der Waals surface area contributed by atoms with Gasteiger partial charge in [0.05, 0.1) is 6.54 Å². The van der Waals surface area contributed by atoms with E-state index in [1.807, 2.05) is 49.2 Å². The molecule has 3 amide bonds. The summed E-state index contributed by atoms with van der Waals surface area (Å²) in [5, 5.41) is 10.8. The minimum absolute atomic E-state index is 0.0798. The summed E-state index contributed by atoms with van der Waals surface area (Å²) < 4.78 is 11.8. The Kier molecular flexibility index (Phi) is 10.3. The van der Waals surface area contributed by atoms with E-state index < -0.39 is 17.5 Å². The number of nitrogens with zero attached hydrogens (tertiary/aromatic N) is 6. The van der Waals surface area contributed by atoms with E-state index in [1.54, 1.807) is 45.0 Å². The molecule has 3 aromatic rings. The molecular formula is C32H43N7O6. The molecule has 1 aromatic heterocycles. The van der Waals surface area contributed by atoms with Crippen molar-refractivity contribution < 1.29 is 23.5 Å². The van der Waals surface area contributed by atoms with Gasteiger partial charge in [-0.15, -0.1) is 5.10 Å². The maximum atomic E-state index is 13.6. The summed E-state index contributed by atoms with van der Waals surface area (Å²) in [6, 6.07) is 13.4. The fraction of sp³-hybridized carbons (Fsp3) is 0.469. The molecule has 13 nitrogen and oxygen atoms in total. The van der Waals surface area contributed by atoms with Crippen LogP contribution in [0.3, 0.4) is 0 Å². The monoisotopic (exact) mass is 621 g/mol. The summed E-state index contributed by atoms with van der Waals surface area (Å²) in [6.07, 6.45) is -0.478.